The maximum Gasteiger partial charge on any atom is 0.191 e. The minimum absolute atomic E-state index is 0.0855. The molecule has 1 heterocycles. The standard InChI is InChI=1S/C17H17ClN2O3/c1-20(2)8-6-16(22)14-10-13(3-4-15(14)21)23-11-12-5-7-19-17(18)9-12/h3-10,21H,11H2,1-2H3. The number of allylic oxidation sites excluding steroid dienone is 1. The first-order chi connectivity index (χ1) is 11.0. The summed E-state index contributed by atoms with van der Waals surface area (Å²) in [4.78, 5) is 17.7. The molecule has 0 aliphatic heterocycles. The number of pyridine rings is 1. The highest BCUT2D eigenvalue weighted by atomic mass is 35.5. The van der Waals surface area contributed by atoms with Crippen molar-refractivity contribution in [1.82, 2.24) is 9.88 Å². The van der Waals surface area contributed by atoms with Crippen molar-refractivity contribution in [2.24, 2.45) is 0 Å². The monoisotopic (exact) mass is 332 g/mol. The van der Waals surface area contributed by atoms with Gasteiger partial charge >= 0.3 is 0 Å². The topological polar surface area (TPSA) is 62.7 Å². The van der Waals surface area contributed by atoms with Crippen LogP contribution in [0, 0.1) is 0 Å². The molecular formula is C17H17ClN2O3. The summed E-state index contributed by atoms with van der Waals surface area (Å²) in [6.07, 6.45) is 4.61. The van der Waals surface area contributed by atoms with E-state index in [2.05, 4.69) is 4.98 Å². The van der Waals surface area contributed by atoms with E-state index in [-0.39, 0.29) is 23.7 Å². The quantitative estimate of drug-likeness (QED) is 0.499. The van der Waals surface area contributed by atoms with E-state index in [1.807, 2.05) is 14.1 Å². The van der Waals surface area contributed by atoms with Gasteiger partial charge in [-0.2, -0.15) is 0 Å². The van der Waals surface area contributed by atoms with Gasteiger partial charge in [0.25, 0.3) is 0 Å². The number of phenolic OH excluding ortho intramolecular Hbond substituents is 1. The Morgan fingerprint density at radius 3 is 2.83 bits per heavy atom. The fraction of sp³-hybridized carbons (Fsp3) is 0.176. The molecule has 0 bridgehead atoms. The third-order valence-electron chi connectivity index (χ3n) is 2.95. The zero-order valence-corrected chi connectivity index (χ0v) is 13.6. The summed E-state index contributed by atoms with van der Waals surface area (Å²) < 4.78 is 5.63. The summed E-state index contributed by atoms with van der Waals surface area (Å²) in [6, 6.07) is 8.04. The smallest absolute Gasteiger partial charge is 0.191 e. The zero-order valence-electron chi connectivity index (χ0n) is 12.9. The molecule has 0 atom stereocenters. The Kier molecular flexibility index (Phi) is 5.60. The fourth-order valence-corrected chi connectivity index (χ4v) is 2.00. The van der Waals surface area contributed by atoms with E-state index in [4.69, 9.17) is 16.3 Å². The van der Waals surface area contributed by atoms with E-state index in [1.165, 1.54) is 18.2 Å². The van der Waals surface area contributed by atoms with Gasteiger partial charge in [0.15, 0.2) is 5.78 Å². The molecule has 0 spiro atoms. The Bertz CT molecular complexity index is 730. The minimum Gasteiger partial charge on any atom is -0.507 e. The van der Waals surface area contributed by atoms with Gasteiger partial charge in [0.05, 0.1) is 5.56 Å². The minimum atomic E-state index is -0.298. The Labute approximate surface area is 139 Å². The molecule has 0 unspecified atom stereocenters. The highest BCUT2D eigenvalue weighted by Gasteiger charge is 2.10. The number of benzene rings is 1. The molecule has 1 aromatic heterocycles. The van der Waals surface area contributed by atoms with Gasteiger partial charge in [-0.05, 0) is 35.9 Å². The van der Waals surface area contributed by atoms with Crippen LogP contribution in [-0.4, -0.2) is 34.9 Å². The van der Waals surface area contributed by atoms with Crippen LogP contribution < -0.4 is 4.74 Å². The third-order valence-corrected chi connectivity index (χ3v) is 3.16. The Balaban J connectivity index is 2.12. The van der Waals surface area contributed by atoms with Gasteiger partial charge in [0.1, 0.15) is 23.3 Å². The molecule has 6 heteroatoms. The first-order valence-electron chi connectivity index (χ1n) is 6.91. The summed E-state index contributed by atoms with van der Waals surface area (Å²) in [5.41, 5.74) is 1.05. The van der Waals surface area contributed by atoms with Crippen molar-refractivity contribution in [3.05, 3.63) is 65.1 Å². The molecule has 1 aromatic carbocycles. The second kappa shape index (κ2) is 7.65. The van der Waals surface area contributed by atoms with Gasteiger partial charge in [0, 0.05) is 32.6 Å². The maximum atomic E-state index is 12.1. The van der Waals surface area contributed by atoms with Crippen LogP contribution in [-0.2, 0) is 6.61 Å². The fourth-order valence-electron chi connectivity index (χ4n) is 1.81. The number of nitrogens with zero attached hydrogens (tertiary/aromatic N) is 2. The second-order valence-corrected chi connectivity index (χ2v) is 5.49. The summed E-state index contributed by atoms with van der Waals surface area (Å²) >= 11 is 5.82. The maximum absolute atomic E-state index is 12.1. The number of rotatable bonds is 6. The van der Waals surface area contributed by atoms with Crippen molar-refractivity contribution in [3.8, 4) is 11.5 Å². The lowest BCUT2D eigenvalue weighted by molar-refractivity contribution is 0.104. The van der Waals surface area contributed by atoms with Crippen molar-refractivity contribution in [2.45, 2.75) is 6.61 Å². The molecule has 1 N–H and O–H groups in total. The molecule has 0 aliphatic rings. The van der Waals surface area contributed by atoms with Crippen molar-refractivity contribution < 1.29 is 14.6 Å². The molecule has 120 valence electrons. The van der Waals surface area contributed by atoms with Crippen LogP contribution in [0.1, 0.15) is 15.9 Å². The van der Waals surface area contributed by atoms with E-state index in [0.29, 0.717) is 10.9 Å². The number of carbonyl (C=O) groups is 1. The molecule has 0 radical (unpaired) electrons. The second-order valence-electron chi connectivity index (χ2n) is 5.10. The number of halogens is 1. The highest BCUT2D eigenvalue weighted by Crippen LogP contribution is 2.24. The van der Waals surface area contributed by atoms with Gasteiger partial charge in [-0.15, -0.1) is 0 Å². The van der Waals surface area contributed by atoms with Crippen molar-refractivity contribution >= 4 is 17.4 Å². The zero-order chi connectivity index (χ0) is 16.8. The van der Waals surface area contributed by atoms with Crippen LogP contribution in [0.5, 0.6) is 11.5 Å². The first kappa shape index (κ1) is 16.8. The molecule has 0 saturated carbocycles. The number of aromatic hydroxyl groups is 1. The molecule has 0 amide bonds. The van der Waals surface area contributed by atoms with E-state index in [1.54, 1.807) is 35.5 Å². The number of aromatic nitrogens is 1. The molecular weight excluding hydrogens is 316 g/mol. The van der Waals surface area contributed by atoms with Crippen LogP contribution >= 0.6 is 11.6 Å². The average molecular weight is 333 g/mol. The van der Waals surface area contributed by atoms with Crippen LogP contribution in [0.25, 0.3) is 0 Å². The van der Waals surface area contributed by atoms with Gasteiger partial charge < -0.3 is 14.7 Å². The summed E-state index contributed by atoms with van der Waals surface area (Å²) in [7, 11) is 3.62. The van der Waals surface area contributed by atoms with Gasteiger partial charge in [-0.25, -0.2) is 4.98 Å². The lowest BCUT2D eigenvalue weighted by Crippen LogP contribution is -2.04. The number of ketones is 1. The van der Waals surface area contributed by atoms with Crippen LogP contribution in [0.2, 0.25) is 5.15 Å². The molecule has 0 aliphatic carbocycles. The van der Waals surface area contributed by atoms with Gasteiger partial charge in [0.2, 0.25) is 0 Å². The molecule has 2 rings (SSSR count). The Morgan fingerprint density at radius 2 is 2.13 bits per heavy atom. The van der Waals surface area contributed by atoms with E-state index in [0.717, 1.165) is 5.56 Å². The van der Waals surface area contributed by atoms with Crippen LogP contribution in [0.15, 0.2) is 48.8 Å². The average Bonchev–Trinajstić information content (AvgIpc) is 2.52. The van der Waals surface area contributed by atoms with E-state index in [9.17, 15) is 9.90 Å². The molecule has 5 nitrogen and oxygen atoms in total. The molecule has 0 saturated heterocycles. The summed E-state index contributed by atoms with van der Waals surface area (Å²) in [5.74, 6) is 0.101. The van der Waals surface area contributed by atoms with Gasteiger partial charge in [-0.1, -0.05) is 11.6 Å². The molecule has 0 fully saturated rings. The highest BCUT2D eigenvalue weighted by molar-refractivity contribution is 6.29. The van der Waals surface area contributed by atoms with Crippen molar-refractivity contribution in [3.63, 3.8) is 0 Å². The summed E-state index contributed by atoms with van der Waals surface area (Å²) in [5, 5.41) is 10.2. The molecule has 23 heavy (non-hydrogen) atoms. The number of phenols is 1. The Hall–Kier alpha value is -2.53. The van der Waals surface area contributed by atoms with Crippen LogP contribution in [0.3, 0.4) is 0 Å². The first-order valence-corrected chi connectivity index (χ1v) is 7.28. The van der Waals surface area contributed by atoms with Gasteiger partial charge in [-0.3, -0.25) is 4.79 Å². The van der Waals surface area contributed by atoms with Crippen LogP contribution in [0.4, 0.5) is 0 Å². The lowest BCUT2D eigenvalue weighted by atomic mass is 10.1. The van der Waals surface area contributed by atoms with Crippen molar-refractivity contribution in [2.75, 3.05) is 14.1 Å². The van der Waals surface area contributed by atoms with E-state index < -0.39 is 0 Å². The number of hydrogen-bond acceptors (Lipinski definition) is 5. The SMILES string of the molecule is CN(C)C=CC(=O)c1cc(OCc2ccnc(Cl)c2)ccc1O. The number of ether oxygens (including phenoxy) is 1. The Morgan fingerprint density at radius 1 is 1.35 bits per heavy atom. The van der Waals surface area contributed by atoms with E-state index >= 15 is 0 Å². The molecule has 2 aromatic rings. The third kappa shape index (κ3) is 5.00. The predicted molar refractivity (Wildman–Crippen MR) is 88.8 cm³/mol. The predicted octanol–water partition coefficient (Wildman–Crippen LogP) is 3.28. The normalized spacial score (nSPS) is 10.7. The number of carbonyl (C=O) groups excluding carboxylic acids is 1. The lowest BCUT2D eigenvalue weighted by Gasteiger charge is -2.09. The summed E-state index contributed by atoms with van der Waals surface area (Å²) in [6.45, 7) is 0.286. The largest absolute Gasteiger partial charge is 0.507 e. The number of hydrogen-bond donors (Lipinski definition) is 1. The van der Waals surface area contributed by atoms with Crippen molar-refractivity contribution in [1.29, 1.82) is 0 Å².